The van der Waals surface area contributed by atoms with Crippen LogP contribution in [0.2, 0.25) is 0 Å². The van der Waals surface area contributed by atoms with Gasteiger partial charge < -0.3 is 4.74 Å². The lowest BCUT2D eigenvalue weighted by Gasteiger charge is -2.09. The molecule has 0 amide bonds. The molecule has 0 aliphatic rings. The topological polar surface area (TPSA) is 43.4 Å². The number of Topliss-reactive ketones (excluding diaryl/α,β-unsaturated/α-hetero) is 1. The Labute approximate surface area is 79.5 Å². The highest BCUT2D eigenvalue weighted by molar-refractivity contribution is 5.78. The quantitative estimate of drug-likeness (QED) is 0.595. The zero-order chi connectivity index (χ0) is 10.3. The Hall–Kier alpha value is -0.860. The lowest BCUT2D eigenvalue weighted by atomic mass is 9.96. The van der Waals surface area contributed by atoms with Crippen molar-refractivity contribution in [2.75, 3.05) is 7.11 Å². The minimum atomic E-state index is -0.196. The molecule has 0 bridgehead atoms. The van der Waals surface area contributed by atoms with Gasteiger partial charge in [-0.05, 0) is 26.2 Å². The van der Waals surface area contributed by atoms with Crippen molar-refractivity contribution in [3.8, 4) is 0 Å². The Balaban J connectivity index is 3.61. The van der Waals surface area contributed by atoms with E-state index in [1.807, 2.05) is 6.92 Å². The molecular formula is C10H18O3. The molecule has 0 saturated heterocycles. The molecule has 3 heteroatoms. The second kappa shape index (κ2) is 6.63. The largest absolute Gasteiger partial charge is 0.469 e. The number of ketones is 1. The molecule has 0 spiro atoms. The van der Waals surface area contributed by atoms with Crippen LogP contribution in [0, 0.1) is 5.92 Å². The maximum Gasteiger partial charge on any atom is 0.305 e. The summed E-state index contributed by atoms with van der Waals surface area (Å²) in [6.07, 6.45) is 2.81. The molecule has 0 radical (unpaired) electrons. The van der Waals surface area contributed by atoms with Crippen molar-refractivity contribution in [3.63, 3.8) is 0 Å². The number of rotatable bonds is 6. The van der Waals surface area contributed by atoms with Gasteiger partial charge in [0, 0.05) is 12.3 Å². The molecule has 0 aromatic heterocycles. The molecule has 1 atom stereocenters. The van der Waals surface area contributed by atoms with E-state index in [1.165, 1.54) is 7.11 Å². The van der Waals surface area contributed by atoms with Crippen LogP contribution in [-0.2, 0) is 14.3 Å². The van der Waals surface area contributed by atoms with Crippen LogP contribution >= 0.6 is 0 Å². The Morgan fingerprint density at radius 3 is 2.38 bits per heavy atom. The average Bonchev–Trinajstić information content (AvgIpc) is 2.11. The highest BCUT2D eigenvalue weighted by Crippen LogP contribution is 2.13. The molecule has 0 fully saturated rings. The third-order valence-electron chi connectivity index (χ3n) is 2.23. The number of ether oxygens (including phenoxy) is 1. The van der Waals surface area contributed by atoms with E-state index in [2.05, 4.69) is 4.74 Å². The summed E-state index contributed by atoms with van der Waals surface area (Å²) in [7, 11) is 1.38. The molecule has 3 nitrogen and oxygen atoms in total. The summed E-state index contributed by atoms with van der Waals surface area (Å²) in [5.74, 6) is 0.135. The Kier molecular flexibility index (Phi) is 6.20. The SMILES string of the molecule is CCC(CCCC(=O)OC)C(C)=O. The van der Waals surface area contributed by atoms with Gasteiger partial charge in [0.15, 0.2) is 0 Å². The van der Waals surface area contributed by atoms with Gasteiger partial charge >= 0.3 is 5.97 Å². The summed E-state index contributed by atoms with van der Waals surface area (Å²) in [4.78, 5) is 21.7. The van der Waals surface area contributed by atoms with Crippen LogP contribution in [0.4, 0.5) is 0 Å². The second-order valence-electron chi connectivity index (χ2n) is 3.18. The highest BCUT2D eigenvalue weighted by Gasteiger charge is 2.11. The Morgan fingerprint density at radius 1 is 1.38 bits per heavy atom. The number of carbonyl (C=O) groups excluding carboxylic acids is 2. The van der Waals surface area contributed by atoms with Gasteiger partial charge in [-0.1, -0.05) is 6.92 Å². The second-order valence-corrected chi connectivity index (χ2v) is 3.18. The highest BCUT2D eigenvalue weighted by atomic mass is 16.5. The van der Waals surface area contributed by atoms with Gasteiger partial charge in [0.2, 0.25) is 0 Å². The maximum atomic E-state index is 11.0. The summed E-state index contributed by atoms with van der Waals surface area (Å²) in [6.45, 7) is 3.59. The van der Waals surface area contributed by atoms with Crippen LogP contribution in [-0.4, -0.2) is 18.9 Å². The molecule has 0 N–H and O–H groups in total. The number of methoxy groups -OCH3 is 1. The van der Waals surface area contributed by atoms with Crippen LogP contribution in [0.1, 0.15) is 39.5 Å². The zero-order valence-electron chi connectivity index (χ0n) is 8.63. The minimum Gasteiger partial charge on any atom is -0.469 e. The van der Waals surface area contributed by atoms with Crippen LogP contribution in [0.3, 0.4) is 0 Å². The van der Waals surface area contributed by atoms with E-state index in [9.17, 15) is 9.59 Å². The molecule has 0 rings (SSSR count). The van der Waals surface area contributed by atoms with E-state index >= 15 is 0 Å². The van der Waals surface area contributed by atoms with Gasteiger partial charge in [-0.3, -0.25) is 9.59 Å². The fraction of sp³-hybridized carbons (Fsp3) is 0.800. The predicted octanol–water partition coefficient (Wildman–Crippen LogP) is 1.94. The molecule has 0 aliphatic heterocycles. The molecule has 1 unspecified atom stereocenters. The van der Waals surface area contributed by atoms with Gasteiger partial charge in [-0.2, -0.15) is 0 Å². The van der Waals surface area contributed by atoms with Crippen molar-refractivity contribution < 1.29 is 14.3 Å². The number of hydrogen-bond acceptors (Lipinski definition) is 3. The fourth-order valence-electron chi connectivity index (χ4n) is 1.29. The summed E-state index contributed by atoms with van der Waals surface area (Å²) in [5.41, 5.74) is 0. The van der Waals surface area contributed by atoms with Gasteiger partial charge in [0.05, 0.1) is 7.11 Å². The first-order valence-electron chi connectivity index (χ1n) is 4.69. The summed E-state index contributed by atoms with van der Waals surface area (Å²) >= 11 is 0. The van der Waals surface area contributed by atoms with E-state index in [0.29, 0.717) is 6.42 Å². The van der Waals surface area contributed by atoms with E-state index in [1.54, 1.807) is 6.92 Å². The molecule has 76 valence electrons. The van der Waals surface area contributed by atoms with Gasteiger partial charge in [-0.15, -0.1) is 0 Å². The van der Waals surface area contributed by atoms with Crippen LogP contribution < -0.4 is 0 Å². The van der Waals surface area contributed by atoms with E-state index in [0.717, 1.165) is 19.3 Å². The minimum absolute atomic E-state index is 0.115. The van der Waals surface area contributed by atoms with Crippen molar-refractivity contribution in [2.45, 2.75) is 39.5 Å². The van der Waals surface area contributed by atoms with Gasteiger partial charge in [0.1, 0.15) is 5.78 Å². The fourth-order valence-corrected chi connectivity index (χ4v) is 1.29. The van der Waals surface area contributed by atoms with E-state index < -0.39 is 0 Å². The number of carbonyl (C=O) groups is 2. The molecule has 13 heavy (non-hydrogen) atoms. The monoisotopic (exact) mass is 186 g/mol. The first-order valence-corrected chi connectivity index (χ1v) is 4.69. The summed E-state index contributed by atoms with van der Waals surface area (Å²) in [5, 5.41) is 0. The predicted molar refractivity (Wildman–Crippen MR) is 50.3 cm³/mol. The number of esters is 1. The van der Waals surface area contributed by atoms with Crippen molar-refractivity contribution in [1.82, 2.24) is 0 Å². The van der Waals surface area contributed by atoms with Gasteiger partial charge in [0.25, 0.3) is 0 Å². The molecule has 0 heterocycles. The first-order chi connectivity index (χ1) is 6.11. The lowest BCUT2D eigenvalue weighted by molar-refractivity contribution is -0.141. The van der Waals surface area contributed by atoms with E-state index in [-0.39, 0.29) is 17.7 Å². The average molecular weight is 186 g/mol. The Morgan fingerprint density at radius 2 is 2.00 bits per heavy atom. The molecule has 0 aromatic carbocycles. The third-order valence-corrected chi connectivity index (χ3v) is 2.23. The Bertz CT molecular complexity index is 175. The van der Waals surface area contributed by atoms with E-state index in [4.69, 9.17) is 0 Å². The summed E-state index contributed by atoms with van der Waals surface area (Å²) < 4.78 is 4.50. The standard InChI is InChI=1S/C10H18O3/c1-4-9(8(2)11)6-5-7-10(12)13-3/h9H,4-7H2,1-3H3. The normalized spacial score (nSPS) is 12.2. The zero-order valence-corrected chi connectivity index (χ0v) is 8.63. The van der Waals surface area contributed by atoms with Gasteiger partial charge in [-0.25, -0.2) is 0 Å². The van der Waals surface area contributed by atoms with Crippen LogP contribution in [0.25, 0.3) is 0 Å². The van der Waals surface area contributed by atoms with Crippen LogP contribution in [0.15, 0.2) is 0 Å². The van der Waals surface area contributed by atoms with Crippen molar-refractivity contribution >= 4 is 11.8 Å². The van der Waals surface area contributed by atoms with Crippen molar-refractivity contribution in [2.24, 2.45) is 5.92 Å². The summed E-state index contributed by atoms with van der Waals surface area (Å²) in [6, 6.07) is 0. The number of hydrogen-bond donors (Lipinski definition) is 0. The molecule has 0 aliphatic carbocycles. The van der Waals surface area contributed by atoms with Crippen molar-refractivity contribution in [1.29, 1.82) is 0 Å². The molecule has 0 aromatic rings. The molecular weight excluding hydrogens is 168 g/mol. The lowest BCUT2D eigenvalue weighted by Crippen LogP contribution is -2.10. The van der Waals surface area contributed by atoms with Crippen molar-refractivity contribution in [3.05, 3.63) is 0 Å². The smallest absolute Gasteiger partial charge is 0.305 e. The maximum absolute atomic E-state index is 11.0. The van der Waals surface area contributed by atoms with Crippen LogP contribution in [0.5, 0.6) is 0 Å². The molecule has 0 saturated carbocycles. The third kappa shape index (κ3) is 5.39. The first kappa shape index (κ1) is 12.1.